The average Bonchev–Trinajstić information content (AvgIpc) is 3.03. The number of halogens is 3. The van der Waals surface area contributed by atoms with Crippen LogP contribution in [0.5, 0.6) is 0 Å². The second kappa shape index (κ2) is 4.63. The Morgan fingerprint density at radius 1 is 1.30 bits per heavy atom. The van der Waals surface area contributed by atoms with Crippen molar-refractivity contribution in [1.29, 1.82) is 0 Å². The molecule has 3 nitrogen and oxygen atoms in total. The lowest BCUT2D eigenvalue weighted by molar-refractivity contribution is 0.474. The van der Waals surface area contributed by atoms with E-state index < -0.39 is 17.5 Å². The van der Waals surface area contributed by atoms with E-state index in [4.69, 9.17) is 0 Å². The van der Waals surface area contributed by atoms with E-state index in [-0.39, 0.29) is 11.1 Å². The highest BCUT2D eigenvalue weighted by atomic mass is 19.2. The Balaban J connectivity index is 2.15. The van der Waals surface area contributed by atoms with Crippen molar-refractivity contribution in [2.75, 3.05) is 13.1 Å². The summed E-state index contributed by atoms with van der Waals surface area (Å²) in [6, 6.07) is 1.52. The zero-order valence-electron chi connectivity index (χ0n) is 11.0. The molecule has 0 aliphatic carbocycles. The molecule has 1 fully saturated rings. The molecule has 1 aromatic heterocycles. The molecule has 1 aliphatic rings. The summed E-state index contributed by atoms with van der Waals surface area (Å²) >= 11 is 0. The van der Waals surface area contributed by atoms with Crippen LogP contribution in [0.4, 0.5) is 13.2 Å². The zero-order chi connectivity index (χ0) is 14.3. The lowest BCUT2D eigenvalue weighted by Gasteiger charge is -2.24. The van der Waals surface area contributed by atoms with Gasteiger partial charge in [0, 0.05) is 36.0 Å². The van der Waals surface area contributed by atoms with Crippen molar-refractivity contribution in [1.82, 2.24) is 14.9 Å². The predicted octanol–water partition coefficient (Wildman–Crippen LogP) is 2.54. The minimum atomic E-state index is -1.20. The number of aromatic nitrogens is 2. The van der Waals surface area contributed by atoms with E-state index in [2.05, 4.69) is 10.3 Å². The molecule has 0 bridgehead atoms. The summed E-state index contributed by atoms with van der Waals surface area (Å²) in [7, 11) is 0. The molecule has 1 saturated heterocycles. The first kappa shape index (κ1) is 13.2. The summed E-state index contributed by atoms with van der Waals surface area (Å²) in [6.07, 6.45) is 3.86. The molecule has 6 heteroatoms. The molecule has 0 amide bonds. The Morgan fingerprint density at radius 3 is 2.80 bits per heavy atom. The zero-order valence-corrected chi connectivity index (χ0v) is 11.0. The largest absolute Gasteiger partial charge is 0.316 e. The Bertz CT molecular complexity index is 645. The Kier molecular flexibility index (Phi) is 3.05. The maximum atomic E-state index is 13.9. The lowest BCUT2D eigenvalue weighted by atomic mass is 9.86. The highest BCUT2D eigenvalue weighted by molar-refractivity contribution is 5.38. The summed E-state index contributed by atoms with van der Waals surface area (Å²) in [5, 5.41) is 3.23. The molecule has 1 unspecified atom stereocenters. The van der Waals surface area contributed by atoms with Crippen molar-refractivity contribution >= 4 is 0 Å². The molecule has 0 saturated carbocycles. The number of nitrogens with zero attached hydrogens (tertiary/aromatic N) is 2. The summed E-state index contributed by atoms with van der Waals surface area (Å²) in [6.45, 7) is 3.59. The number of rotatable bonds is 2. The van der Waals surface area contributed by atoms with Crippen molar-refractivity contribution in [3.05, 3.63) is 47.8 Å². The number of benzene rings is 1. The van der Waals surface area contributed by atoms with Crippen molar-refractivity contribution in [3.8, 4) is 5.69 Å². The van der Waals surface area contributed by atoms with Crippen LogP contribution in [-0.2, 0) is 5.41 Å². The third-order valence-electron chi connectivity index (χ3n) is 3.86. The standard InChI is InChI=1S/C14H14F3N3/c1-14(2-3-18-7-14)12-6-19-8-20(12)11-5-9(15)4-10(16)13(11)17/h4-6,8,18H,2-3,7H2,1H3. The van der Waals surface area contributed by atoms with Gasteiger partial charge in [0.2, 0.25) is 0 Å². The van der Waals surface area contributed by atoms with Crippen LogP contribution >= 0.6 is 0 Å². The van der Waals surface area contributed by atoms with Gasteiger partial charge in [-0.25, -0.2) is 18.2 Å². The van der Waals surface area contributed by atoms with Crippen LogP contribution < -0.4 is 5.32 Å². The Morgan fingerprint density at radius 2 is 2.10 bits per heavy atom. The van der Waals surface area contributed by atoms with E-state index in [1.165, 1.54) is 10.9 Å². The molecule has 0 spiro atoms. The Labute approximate surface area is 114 Å². The van der Waals surface area contributed by atoms with Gasteiger partial charge in [0.15, 0.2) is 11.6 Å². The summed E-state index contributed by atoms with van der Waals surface area (Å²) in [4.78, 5) is 4.01. The van der Waals surface area contributed by atoms with Crippen molar-refractivity contribution < 1.29 is 13.2 Å². The third-order valence-corrected chi connectivity index (χ3v) is 3.86. The molecular formula is C14H14F3N3. The maximum absolute atomic E-state index is 13.9. The summed E-state index contributed by atoms with van der Waals surface area (Å²) < 4.78 is 42.1. The molecule has 2 heterocycles. The van der Waals surface area contributed by atoms with Crippen LogP contribution in [0.15, 0.2) is 24.7 Å². The van der Waals surface area contributed by atoms with Crippen LogP contribution in [0.2, 0.25) is 0 Å². The third kappa shape index (κ3) is 2.00. The second-order valence-electron chi connectivity index (χ2n) is 5.36. The summed E-state index contributed by atoms with van der Waals surface area (Å²) in [5.41, 5.74) is 0.362. The average molecular weight is 281 g/mol. The van der Waals surface area contributed by atoms with E-state index in [1.807, 2.05) is 6.92 Å². The molecular weight excluding hydrogens is 267 g/mol. The topological polar surface area (TPSA) is 29.9 Å². The van der Waals surface area contributed by atoms with Crippen LogP contribution in [0, 0.1) is 17.5 Å². The highest BCUT2D eigenvalue weighted by Crippen LogP contribution is 2.32. The van der Waals surface area contributed by atoms with Gasteiger partial charge in [0.1, 0.15) is 5.82 Å². The molecule has 20 heavy (non-hydrogen) atoms. The van der Waals surface area contributed by atoms with Gasteiger partial charge in [-0.2, -0.15) is 0 Å². The fraction of sp³-hybridized carbons (Fsp3) is 0.357. The van der Waals surface area contributed by atoms with Gasteiger partial charge in [-0.1, -0.05) is 6.92 Å². The van der Waals surface area contributed by atoms with E-state index in [0.29, 0.717) is 6.07 Å². The quantitative estimate of drug-likeness (QED) is 0.857. The van der Waals surface area contributed by atoms with Crippen LogP contribution in [0.3, 0.4) is 0 Å². The number of nitrogens with one attached hydrogen (secondary N) is 1. The maximum Gasteiger partial charge on any atom is 0.183 e. The first-order valence-corrected chi connectivity index (χ1v) is 6.40. The van der Waals surface area contributed by atoms with Crippen LogP contribution in [0.1, 0.15) is 19.0 Å². The molecule has 3 rings (SSSR count). The molecule has 2 aromatic rings. The van der Waals surface area contributed by atoms with Gasteiger partial charge >= 0.3 is 0 Å². The number of hydrogen-bond donors (Lipinski definition) is 1. The van der Waals surface area contributed by atoms with Gasteiger partial charge in [-0.05, 0) is 13.0 Å². The summed E-state index contributed by atoms with van der Waals surface area (Å²) in [5.74, 6) is -3.08. The molecule has 1 atom stereocenters. The molecule has 0 radical (unpaired) electrons. The Hall–Kier alpha value is -1.82. The van der Waals surface area contributed by atoms with Crippen molar-refractivity contribution in [2.45, 2.75) is 18.8 Å². The second-order valence-corrected chi connectivity index (χ2v) is 5.36. The first-order valence-electron chi connectivity index (χ1n) is 6.40. The van der Waals surface area contributed by atoms with Gasteiger partial charge in [0.25, 0.3) is 0 Å². The highest BCUT2D eigenvalue weighted by Gasteiger charge is 2.34. The minimum absolute atomic E-state index is 0.150. The number of imidazole rings is 1. The van der Waals surface area contributed by atoms with Crippen LogP contribution in [-0.4, -0.2) is 22.6 Å². The van der Waals surface area contributed by atoms with Gasteiger partial charge in [0.05, 0.1) is 12.0 Å². The molecule has 1 N–H and O–H groups in total. The van der Waals surface area contributed by atoms with Gasteiger partial charge < -0.3 is 5.32 Å². The molecule has 1 aliphatic heterocycles. The van der Waals surface area contributed by atoms with E-state index in [9.17, 15) is 13.2 Å². The van der Waals surface area contributed by atoms with E-state index in [1.54, 1.807) is 6.20 Å². The lowest BCUT2D eigenvalue weighted by Crippen LogP contribution is -2.27. The normalized spacial score (nSPS) is 22.4. The van der Waals surface area contributed by atoms with Crippen molar-refractivity contribution in [2.24, 2.45) is 0 Å². The first-order chi connectivity index (χ1) is 9.51. The fourth-order valence-electron chi connectivity index (χ4n) is 2.69. The fourth-order valence-corrected chi connectivity index (χ4v) is 2.69. The molecule has 106 valence electrons. The van der Waals surface area contributed by atoms with E-state index >= 15 is 0 Å². The van der Waals surface area contributed by atoms with E-state index in [0.717, 1.165) is 31.3 Å². The van der Waals surface area contributed by atoms with Crippen LogP contribution in [0.25, 0.3) is 5.69 Å². The SMILES string of the molecule is CC1(c2cncn2-c2cc(F)cc(F)c2F)CCNC1. The monoisotopic (exact) mass is 281 g/mol. The smallest absolute Gasteiger partial charge is 0.183 e. The number of hydrogen-bond acceptors (Lipinski definition) is 2. The minimum Gasteiger partial charge on any atom is -0.316 e. The van der Waals surface area contributed by atoms with Crippen molar-refractivity contribution in [3.63, 3.8) is 0 Å². The molecule has 1 aromatic carbocycles. The van der Waals surface area contributed by atoms with Gasteiger partial charge in [-0.3, -0.25) is 4.57 Å². The predicted molar refractivity (Wildman–Crippen MR) is 68.3 cm³/mol. The van der Waals surface area contributed by atoms with Gasteiger partial charge in [-0.15, -0.1) is 0 Å².